The highest BCUT2D eigenvalue weighted by Gasteiger charge is 2.21. The highest BCUT2D eigenvalue weighted by Crippen LogP contribution is 2.23. The van der Waals surface area contributed by atoms with E-state index in [9.17, 15) is 18.0 Å². The van der Waals surface area contributed by atoms with Gasteiger partial charge in [0, 0.05) is 36.9 Å². The van der Waals surface area contributed by atoms with Crippen molar-refractivity contribution in [2.45, 2.75) is 4.90 Å². The van der Waals surface area contributed by atoms with Gasteiger partial charge in [-0.3, -0.25) is 14.9 Å². The molecule has 0 atom stereocenters. The number of hydrogen-bond donors (Lipinski definition) is 2. The first-order chi connectivity index (χ1) is 14.2. The van der Waals surface area contributed by atoms with Crippen LogP contribution in [-0.2, 0) is 10.0 Å². The average Bonchev–Trinajstić information content (AvgIpc) is 3.21. The maximum absolute atomic E-state index is 12.6. The van der Waals surface area contributed by atoms with E-state index in [-0.39, 0.29) is 21.4 Å². The van der Waals surface area contributed by atoms with Crippen molar-refractivity contribution in [1.82, 2.24) is 9.29 Å². The summed E-state index contributed by atoms with van der Waals surface area (Å²) in [5, 5.41) is 7.66. The number of rotatable bonds is 6. The highest BCUT2D eigenvalue weighted by molar-refractivity contribution is 7.89. The van der Waals surface area contributed by atoms with Crippen molar-refractivity contribution < 1.29 is 18.0 Å². The Kier molecular flexibility index (Phi) is 6.52. The van der Waals surface area contributed by atoms with Crippen molar-refractivity contribution in [1.29, 1.82) is 0 Å². The van der Waals surface area contributed by atoms with Crippen LogP contribution in [0.5, 0.6) is 0 Å². The van der Waals surface area contributed by atoms with E-state index in [1.54, 1.807) is 35.8 Å². The Balaban J connectivity index is 1.75. The van der Waals surface area contributed by atoms with Gasteiger partial charge < -0.3 is 5.32 Å². The van der Waals surface area contributed by atoms with Crippen LogP contribution in [0.15, 0.2) is 58.9 Å². The van der Waals surface area contributed by atoms with Gasteiger partial charge in [0.25, 0.3) is 11.8 Å². The zero-order valence-corrected chi connectivity index (χ0v) is 18.3. The van der Waals surface area contributed by atoms with Gasteiger partial charge in [-0.05, 0) is 42.5 Å². The summed E-state index contributed by atoms with van der Waals surface area (Å²) in [6.07, 6.45) is 1.59. The Morgan fingerprint density at radius 2 is 1.73 bits per heavy atom. The van der Waals surface area contributed by atoms with E-state index in [1.807, 2.05) is 0 Å². The van der Waals surface area contributed by atoms with Crippen LogP contribution in [0.1, 0.15) is 20.7 Å². The van der Waals surface area contributed by atoms with E-state index in [4.69, 9.17) is 11.6 Å². The van der Waals surface area contributed by atoms with E-state index in [0.29, 0.717) is 16.4 Å². The molecule has 0 spiro atoms. The summed E-state index contributed by atoms with van der Waals surface area (Å²) < 4.78 is 25.7. The Morgan fingerprint density at radius 3 is 2.33 bits per heavy atom. The van der Waals surface area contributed by atoms with Gasteiger partial charge in [-0.15, -0.1) is 11.3 Å². The minimum absolute atomic E-state index is 0.0187. The molecule has 30 heavy (non-hydrogen) atoms. The Hall–Kier alpha value is -2.79. The fraction of sp³-hybridized carbons (Fsp3) is 0.105. The van der Waals surface area contributed by atoms with Crippen molar-refractivity contribution in [2.24, 2.45) is 0 Å². The number of benzene rings is 2. The molecule has 3 rings (SSSR count). The highest BCUT2D eigenvalue weighted by atomic mass is 35.5. The van der Waals surface area contributed by atoms with Crippen LogP contribution in [-0.4, -0.2) is 43.6 Å². The molecular weight excluding hydrogens is 448 g/mol. The zero-order valence-electron chi connectivity index (χ0n) is 15.9. The van der Waals surface area contributed by atoms with Gasteiger partial charge in [0.2, 0.25) is 10.0 Å². The van der Waals surface area contributed by atoms with E-state index in [1.165, 1.54) is 43.6 Å². The predicted octanol–water partition coefficient (Wildman–Crippen LogP) is 3.55. The van der Waals surface area contributed by atoms with Gasteiger partial charge in [-0.2, -0.15) is 0 Å². The first kappa shape index (κ1) is 21.9. The number of thiazole rings is 1. The summed E-state index contributed by atoms with van der Waals surface area (Å²) in [4.78, 5) is 28.8. The zero-order chi connectivity index (χ0) is 21.9. The number of aromatic nitrogens is 1. The lowest BCUT2D eigenvalue weighted by atomic mass is 10.1. The van der Waals surface area contributed by atoms with Gasteiger partial charge >= 0.3 is 0 Å². The molecule has 0 aliphatic rings. The third kappa shape index (κ3) is 4.85. The van der Waals surface area contributed by atoms with E-state index in [0.717, 1.165) is 4.31 Å². The average molecular weight is 465 g/mol. The molecule has 0 fully saturated rings. The first-order valence-corrected chi connectivity index (χ1v) is 11.2. The van der Waals surface area contributed by atoms with Crippen LogP contribution in [0.4, 0.5) is 10.8 Å². The molecule has 2 amide bonds. The first-order valence-electron chi connectivity index (χ1n) is 8.53. The third-order valence-electron chi connectivity index (χ3n) is 4.02. The molecule has 0 aliphatic carbocycles. The minimum Gasteiger partial charge on any atom is -0.322 e. The lowest BCUT2D eigenvalue weighted by molar-refractivity contribution is 0.102. The van der Waals surface area contributed by atoms with E-state index >= 15 is 0 Å². The molecule has 0 saturated carbocycles. The number of hydrogen-bond acceptors (Lipinski definition) is 6. The van der Waals surface area contributed by atoms with Crippen LogP contribution in [0.25, 0.3) is 0 Å². The third-order valence-corrected chi connectivity index (χ3v) is 6.85. The molecule has 1 heterocycles. The van der Waals surface area contributed by atoms with Crippen molar-refractivity contribution in [3.8, 4) is 0 Å². The van der Waals surface area contributed by atoms with Crippen LogP contribution in [0.2, 0.25) is 5.02 Å². The minimum atomic E-state index is -3.71. The predicted molar refractivity (Wildman–Crippen MR) is 117 cm³/mol. The number of carbonyl (C=O) groups excluding carboxylic acids is 2. The van der Waals surface area contributed by atoms with E-state index < -0.39 is 15.9 Å². The number of nitrogens with zero attached hydrogens (tertiary/aromatic N) is 2. The number of sulfonamides is 1. The SMILES string of the molecule is CN(C)S(=O)(=O)c1ccc(Cl)c(C(=O)Nc2ccc(C(=O)Nc3nccs3)cc2)c1. The van der Waals surface area contributed by atoms with Crippen LogP contribution < -0.4 is 10.6 Å². The Bertz CT molecular complexity index is 1180. The summed E-state index contributed by atoms with van der Waals surface area (Å²) in [5.41, 5.74) is 0.827. The summed E-state index contributed by atoms with van der Waals surface area (Å²) >= 11 is 7.40. The fourth-order valence-corrected chi connectivity index (χ4v) is 4.06. The second kappa shape index (κ2) is 8.92. The molecule has 11 heteroatoms. The number of anilines is 2. The maximum Gasteiger partial charge on any atom is 0.257 e. The Labute approximate surface area is 182 Å². The van der Waals surface area contributed by atoms with E-state index in [2.05, 4.69) is 15.6 Å². The van der Waals surface area contributed by atoms with Crippen LogP contribution in [0.3, 0.4) is 0 Å². The number of nitrogens with one attached hydrogen (secondary N) is 2. The molecule has 0 radical (unpaired) electrons. The summed E-state index contributed by atoms with van der Waals surface area (Å²) in [6, 6.07) is 10.1. The molecule has 156 valence electrons. The lowest BCUT2D eigenvalue weighted by Crippen LogP contribution is -2.23. The summed E-state index contributed by atoms with van der Waals surface area (Å²) in [5.74, 6) is -0.900. The second-order valence-corrected chi connectivity index (χ2v) is 9.71. The van der Waals surface area contributed by atoms with Crippen LogP contribution in [0, 0.1) is 0 Å². The van der Waals surface area contributed by atoms with Gasteiger partial charge in [0.1, 0.15) is 0 Å². The lowest BCUT2D eigenvalue weighted by Gasteiger charge is -2.13. The van der Waals surface area contributed by atoms with Crippen molar-refractivity contribution in [3.63, 3.8) is 0 Å². The molecule has 0 unspecified atom stereocenters. The van der Waals surface area contributed by atoms with Gasteiger partial charge in [0.15, 0.2) is 5.13 Å². The Morgan fingerprint density at radius 1 is 1.03 bits per heavy atom. The molecule has 0 bridgehead atoms. The summed E-state index contributed by atoms with van der Waals surface area (Å²) in [7, 11) is -0.916. The molecule has 0 saturated heterocycles. The molecule has 2 aromatic carbocycles. The topological polar surface area (TPSA) is 108 Å². The van der Waals surface area contributed by atoms with Gasteiger partial charge in [-0.1, -0.05) is 11.6 Å². The van der Waals surface area contributed by atoms with Crippen molar-refractivity contribution in [2.75, 3.05) is 24.7 Å². The fourth-order valence-electron chi connectivity index (χ4n) is 2.41. The smallest absolute Gasteiger partial charge is 0.257 e. The largest absolute Gasteiger partial charge is 0.322 e. The molecule has 0 aliphatic heterocycles. The number of halogens is 1. The van der Waals surface area contributed by atoms with Crippen molar-refractivity contribution in [3.05, 3.63) is 70.2 Å². The van der Waals surface area contributed by atoms with Crippen molar-refractivity contribution >= 4 is 55.6 Å². The van der Waals surface area contributed by atoms with Gasteiger partial charge in [0.05, 0.1) is 15.5 Å². The molecule has 8 nitrogen and oxygen atoms in total. The number of amides is 2. The normalized spacial score (nSPS) is 11.3. The molecule has 3 aromatic rings. The van der Waals surface area contributed by atoms with Crippen LogP contribution >= 0.6 is 22.9 Å². The molecule has 2 N–H and O–H groups in total. The van der Waals surface area contributed by atoms with Gasteiger partial charge in [-0.25, -0.2) is 17.7 Å². The second-order valence-electron chi connectivity index (χ2n) is 6.25. The number of carbonyl (C=O) groups is 2. The monoisotopic (exact) mass is 464 g/mol. The molecular formula is C19H17ClN4O4S2. The summed E-state index contributed by atoms with van der Waals surface area (Å²) in [6.45, 7) is 0. The molecule has 1 aromatic heterocycles. The quantitative estimate of drug-likeness (QED) is 0.579. The maximum atomic E-state index is 12.6. The standard InChI is InChI=1S/C19H17ClN4O4S2/c1-24(2)30(27,28)14-7-8-16(20)15(11-14)18(26)22-13-5-3-12(4-6-13)17(25)23-19-21-9-10-29-19/h3-11H,1-2H3,(H,22,26)(H,21,23,25).